The summed E-state index contributed by atoms with van der Waals surface area (Å²) in [5.74, 6) is -0.337. The molecule has 230 valence electrons. The predicted molar refractivity (Wildman–Crippen MR) is 166 cm³/mol. The molecule has 1 amide bonds. The minimum atomic E-state index is -0.461. The smallest absolute Gasteiger partial charge is 0.407 e. The van der Waals surface area contributed by atoms with Gasteiger partial charge in [-0.25, -0.2) is 9.59 Å². The first-order valence-electron chi connectivity index (χ1n) is 15.0. The Balaban J connectivity index is 0.954. The molecule has 1 aliphatic carbocycles. The maximum atomic E-state index is 12.2. The quantitative estimate of drug-likeness (QED) is 0.137. The summed E-state index contributed by atoms with van der Waals surface area (Å²) in [7, 11) is 0. The summed E-state index contributed by atoms with van der Waals surface area (Å²) >= 11 is 0. The van der Waals surface area contributed by atoms with Crippen LogP contribution in [0.15, 0.2) is 72.8 Å². The molecule has 0 aliphatic heterocycles. The average molecular weight is 591 g/mol. The van der Waals surface area contributed by atoms with Gasteiger partial charge in [0.1, 0.15) is 13.2 Å². The van der Waals surface area contributed by atoms with Gasteiger partial charge in [-0.3, -0.25) is 0 Å². The molecule has 3 aromatic carbocycles. The summed E-state index contributed by atoms with van der Waals surface area (Å²) in [6, 6.07) is 23.8. The third-order valence-electron chi connectivity index (χ3n) is 7.04. The second-order valence-electron chi connectivity index (χ2n) is 10.1. The zero-order valence-corrected chi connectivity index (χ0v) is 24.8. The second-order valence-corrected chi connectivity index (χ2v) is 10.1. The molecule has 0 atom stereocenters. The number of hydrogen-bond donors (Lipinski definition) is 2. The number of ether oxygens (including phenoxy) is 5. The molecule has 0 saturated carbocycles. The van der Waals surface area contributed by atoms with Crippen LogP contribution >= 0.6 is 0 Å². The molecule has 3 aromatic rings. The van der Waals surface area contributed by atoms with Crippen molar-refractivity contribution in [1.29, 1.82) is 0 Å². The molecule has 0 fully saturated rings. The number of benzene rings is 3. The Morgan fingerprint density at radius 1 is 0.674 bits per heavy atom. The monoisotopic (exact) mass is 590 g/mol. The second kappa shape index (κ2) is 17.9. The van der Waals surface area contributed by atoms with Crippen LogP contribution < -0.4 is 10.6 Å². The van der Waals surface area contributed by atoms with E-state index in [-0.39, 0.29) is 25.1 Å². The Labute approximate surface area is 253 Å². The molecular formula is C34H42N2O7. The van der Waals surface area contributed by atoms with Gasteiger partial charge in [-0.2, -0.15) is 0 Å². The molecule has 0 heterocycles. The molecule has 9 nitrogen and oxygen atoms in total. The van der Waals surface area contributed by atoms with Crippen molar-refractivity contribution in [1.82, 2.24) is 5.32 Å². The summed E-state index contributed by atoms with van der Waals surface area (Å²) in [5.41, 5.74) is 6.26. The lowest BCUT2D eigenvalue weighted by atomic mass is 9.98. The first-order chi connectivity index (χ1) is 21.2. The zero-order chi connectivity index (χ0) is 30.1. The Morgan fingerprint density at radius 3 is 1.88 bits per heavy atom. The van der Waals surface area contributed by atoms with E-state index in [1.165, 1.54) is 22.3 Å². The van der Waals surface area contributed by atoms with Crippen LogP contribution in [0.3, 0.4) is 0 Å². The van der Waals surface area contributed by atoms with Gasteiger partial charge in [0.15, 0.2) is 0 Å². The summed E-state index contributed by atoms with van der Waals surface area (Å²) in [6.07, 6.45) is 1.78. The van der Waals surface area contributed by atoms with Crippen LogP contribution in [-0.4, -0.2) is 78.0 Å². The van der Waals surface area contributed by atoms with Gasteiger partial charge in [0.05, 0.1) is 45.2 Å². The number of esters is 1. The third-order valence-corrected chi connectivity index (χ3v) is 7.04. The fourth-order valence-electron chi connectivity index (χ4n) is 4.83. The summed E-state index contributed by atoms with van der Waals surface area (Å²) in [4.78, 5) is 24.3. The van der Waals surface area contributed by atoms with E-state index in [1.54, 1.807) is 12.1 Å². The number of anilines is 1. The molecule has 9 heteroatoms. The maximum absolute atomic E-state index is 12.2. The number of amides is 1. The number of hydrogen-bond acceptors (Lipinski definition) is 8. The van der Waals surface area contributed by atoms with Crippen LogP contribution in [0.5, 0.6) is 0 Å². The number of carbonyl (C=O) groups is 2. The SMILES string of the molecule is CCCCNc1ccc(C(=O)OCCOCCOCCOCCNC(=O)OCC2c3ccccc3-c3ccccc32)cc1. The van der Waals surface area contributed by atoms with E-state index in [4.69, 9.17) is 23.7 Å². The van der Waals surface area contributed by atoms with Gasteiger partial charge in [0.2, 0.25) is 0 Å². The molecular weight excluding hydrogens is 548 g/mol. The molecule has 0 bridgehead atoms. The van der Waals surface area contributed by atoms with Crippen LogP contribution in [0.25, 0.3) is 11.1 Å². The van der Waals surface area contributed by atoms with Crippen molar-refractivity contribution < 1.29 is 33.3 Å². The molecule has 2 N–H and O–H groups in total. The Kier molecular flexibility index (Phi) is 13.3. The summed E-state index contributed by atoms with van der Waals surface area (Å²) in [5, 5.41) is 6.04. The van der Waals surface area contributed by atoms with E-state index in [2.05, 4.69) is 41.8 Å². The highest BCUT2D eigenvalue weighted by Gasteiger charge is 2.28. The van der Waals surface area contributed by atoms with Crippen LogP contribution in [0.4, 0.5) is 10.5 Å². The van der Waals surface area contributed by atoms with E-state index >= 15 is 0 Å². The molecule has 0 spiro atoms. The van der Waals surface area contributed by atoms with Crippen molar-refractivity contribution in [2.75, 3.05) is 71.3 Å². The summed E-state index contributed by atoms with van der Waals surface area (Å²) in [6.45, 7) is 6.12. The fraction of sp³-hybridized carbons (Fsp3) is 0.412. The van der Waals surface area contributed by atoms with Gasteiger partial charge < -0.3 is 34.3 Å². The number of rotatable bonds is 19. The molecule has 4 rings (SSSR count). The van der Waals surface area contributed by atoms with E-state index in [9.17, 15) is 9.59 Å². The predicted octanol–water partition coefficient (Wildman–Crippen LogP) is 5.64. The number of carbonyl (C=O) groups excluding carboxylic acids is 2. The van der Waals surface area contributed by atoms with Crippen molar-refractivity contribution in [2.24, 2.45) is 0 Å². The van der Waals surface area contributed by atoms with Gasteiger partial charge in [-0.05, 0) is 52.9 Å². The van der Waals surface area contributed by atoms with Crippen molar-refractivity contribution in [3.05, 3.63) is 89.5 Å². The topological polar surface area (TPSA) is 104 Å². The molecule has 43 heavy (non-hydrogen) atoms. The first-order valence-corrected chi connectivity index (χ1v) is 15.0. The standard InChI is InChI=1S/C34H42N2O7/c1-2-3-16-35-27-14-12-26(13-15-27)33(37)42-24-23-41-22-21-40-20-19-39-18-17-36-34(38)43-25-32-30-10-6-4-8-28(30)29-9-5-7-11-31(29)32/h4-15,32,35H,2-3,16-25H2,1H3,(H,36,38). The van der Waals surface area contributed by atoms with Gasteiger partial charge in [0, 0.05) is 24.7 Å². The van der Waals surface area contributed by atoms with E-state index in [1.807, 2.05) is 36.4 Å². The molecule has 0 radical (unpaired) electrons. The van der Waals surface area contributed by atoms with Gasteiger partial charge in [-0.1, -0.05) is 61.9 Å². The molecule has 1 aliphatic rings. The van der Waals surface area contributed by atoms with Crippen LogP contribution in [-0.2, 0) is 23.7 Å². The Bertz CT molecular complexity index is 1240. The highest BCUT2D eigenvalue weighted by atomic mass is 16.6. The van der Waals surface area contributed by atoms with Crippen molar-refractivity contribution in [3.63, 3.8) is 0 Å². The fourth-order valence-corrected chi connectivity index (χ4v) is 4.83. The lowest BCUT2D eigenvalue weighted by molar-refractivity contribution is 0.000881. The van der Waals surface area contributed by atoms with Gasteiger partial charge >= 0.3 is 12.1 Å². The Hall–Kier alpha value is -3.92. The number of nitrogens with one attached hydrogen (secondary N) is 2. The van der Waals surface area contributed by atoms with E-state index in [0.29, 0.717) is 51.7 Å². The van der Waals surface area contributed by atoms with Gasteiger partial charge in [-0.15, -0.1) is 0 Å². The largest absolute Gasteiger partial charge is 0.460 e. The molecule has 0 aromatic heterocycles. The van der Waals surface area contributed by atoms with E-state index < -0.39 is 6.09 Å². The minimum Gasteiger partial charge on any atom is -0.460 e. The maximum Gasteiger partial charge on any atom is 0.407 e. The van der Waals surface area contributed by atoms with Crippen LogP contribution in [0.2, 0.25) is 0 Å². The van der Waals surface area contributed by atoms with Gasteiger partial charge in [0.25, 0.3) is 0 Å². The number of alkyl carbamates (subject to hydrolysis) is 1. The van der Waals surface area contributed by atoms with Crippen LogP contribution in [0.1, 0.15) is 47.2 Å². The molecule has 0 unspecified atom stereocenters. The average Bonchev–Trinajstić information content (AvgIpc) is 3.36. The number of unbranched alkanes of at least 4 members (excludes halogenated alkanes) is 1. The van der Waals surface area contributed by atoms with Crippen molar-refractivity contribution in [2.45, 2.75) is 25.7 Å². The molecule has 0 saturated heterocycles. The first kappa shape index (κ1) is 32.0. The zero-order valence-electron chi connectivity index (χ0n) is 24.8. The minimum absolute atomic E-state index is 0.0337. The van der Waals surface area contributed by atoms with Crippen molar-refractivity contribution in [3.8, 4) is 11.1 Å². The van der Waals surface area contributed by atoms with E-state index in [0.717, 1.165) is 25.1 Å². The van der Waals surface area contributed by atoms with Crippen molar-refractivity contribution >= 4 is 17.7 Å². The highest BCUT2D eigenvalue weighted by Crippen LogP contribution is 2.44. The number of fused-ring (bicyclic) bond motifs is 3. The summed E-state index contributed by atoms with van der Waals surface area (Å²) < 4.78 is 27.2. The highest BCUT2D eigenvalue weighted by molar-refractivity contribution is 5.89. The lowest BCUT2D eigenvalue weighted by Gasteiger charge is -2.14. The lowest BCUT2D eigenvalue weighted by Crippen LogP contribution is -2.29. The normalized spacial score (nSPS) is 11.9. The third kappa shape index (κ3) is 10.1. The Morgan fingerprint density at radius 2 is 1.26 bits per heavy atom. The van der Waals surface area contributed by atoms with Crippen LogP contribution in [0, 0.1) is 0 Å².